The molecule has 6 rings (SSSR count). The van der Waals surface area contributed by atoms with Crippen molar-refractivity contribution in [2.45, 2.75) is 76.2 Å². The third-order valence-corrected chi connectivity index (χ3v) is 8.76. The fourth-order valence-electron chi connectivity index (χ4n) is 6.72. The van der Waals surface area contributed by atoms with E-state index in [4.69, 9.17) is 4.74 Å². The van der Waals surface area contributed by atoms with Crippen LogP contribution in [-0.4, -0.2) is 65.2 Å². The number of carbonyl (C=O) groups excluding carboxylic acids is 1. The summed E-state index contributed by atoms with van der Waals surface area (Å²) in [6.07, 6.45) is 2.94. The number of hydrogen-bond acceptors (Lipinski definition) is 5. The summed E-state index contributed by atoms with van der Waals surface area (Å²) in [5.74, 6) is 0.177. The van der Waals surface area contributed by atoms with Gasteiger partial charge in [0.1, 0.15) is 5.75 Å². The Kier molecular flexibility index (Phi) is 11.1. The molecule has 0 spiro atoms. The minimum atomic E-state index is -4.50. The number of alkyl halides is 3. The van der Waals surface area contributed by atoms with Gasteiger partial charge in [0.05, 0.1) is 17.7 Å². The van der Waals surface area contributed by atoms with E-state index in [9.17, 15) is 18.0 Å². The van der Waals surface area contributed by atoms with Crippen molar-refractivity contribution in [3.05, 3.63) is 59.8 Å². The van der Waals surface area contributed by atoms with Crippen molar-refractivity contribution in [3.63, 3.8) is 0 Å². The number of hydrogen-bond donors (Lipinski definition) is 2. The van der Waals surface area contributed by atoms with Gasteiger partial charge in [-0.25, -0.2) is 4.79 Å². The first kappa shape index (κ1) is 33.9. The molecule has 3 heterocycles. The second-order valence-corrected chi connectivity index (χ2v) is 11.9. The molecule has 3 aromatic rings. The predicted molar refractivity (Wildman–Crippen MR) is 172 cm³/mol. The minimum absolute atomic E-state index is 0. The van der Waals surface area contributed by atoms with Crippen LogP contribution in [0.25, 0.3) is 10.9 Å². The van der Waals surface area contributed by atoms with Crippen molar-refractivity contribution < 1.29 is 22.7 Å². The van der Waals surface area contributed by atoms with Crippen LogP contribution in [0.15, 0.2) is 48.5 Å². The average molecular weight is 655 g/mol. The quantitative estimate of drug-likeness (QED) is 0.244. The lowest BCUT2D eigenvalue weighted by molar-refractivity contribution is -0.137. The van der Waals surface area contributed by atoms with Gasteiger partial charge in [-0.3, -0.25) is 9.88 Å². The van der Waals surface area contributed by atoms with Crippen LogP contribution in [-0.2, 0) is 6.18 Å². The highest BCUT2D eigenvalue weighted by Crippen LogP contribution is 2.36. The van der Waals surface area contributed by atoms with E-state index in [0.717, 1.165) is 67.6 Å². The zero-order valence-electron chi connectivity index (χ0n) is 24.7. The molecule has 44 heavy (non-hydrogen) atoms. The van der Waals surface area contributed by atoms with Crippen LogP contribution < -0.4 is 15.4 Å². The zero-order valence-corrected chi connectivity index (χ0v) is 26.4. The molecule has 1 saturated carbocycles. The number of nitrogens with zero attached hydrogens (tertiary/aromatic N) is 3. The Balaban J connectivity index is 0.00000221. The number of para-hydroxylation sites is 1. The van der Waals surface area contributed by atoms with Gasteiger partial charge in [-0.1, -0.05) is 37.5 Å². The second kappa shape index (κ2) is 14.4. The number of nitrogens with one attached hydrogen (secondary N) is 2. The van der Waals surface area contributed by atoms with Crippen molar-refractivity contribution >= 4 is 53.1 Å². The van der Waals surface area contributed by atoms with E-state index < -0.39 is 11.7 Å². The van der Waals surface area contributed by atoms with Crippen LogP contribution in [0.5, 0.6) is 5.75 Å². The number of fused-ring (bicyclic) bond motifs is 3. The van der Waals surface area contributed by atoms with Crippen LogP contribution >= 0.6 is 24.8 Å². The van der Waals surface area contributed by atoms with Gasteiger partial charge in [-0.2, -0.15) is 13.2 Å². The largest absolute Gasteiger partial charge is 0.493 e. The molecular formula is C32H40Cl2F3N5O2. The smallest absolute Gasteiger partial charge is 0.416 e. The van der Waals surface area contributed by atoms with Crippen LogP contribution in [0.1, 0.15) is 56.2 Å². The number of carbonyl (C=O) groups is 1. The van der Waals surface area contributed by atoms with Crippen LogP contribution in [0.4, 0.5) is 29.3 Å². The van der Waals surface area contributed by atoms with E-state index in [1.54, 1.807) is 6.07 Å². The van der Waals surface area contributed by atoms with E-state index in [2.05, 4.69) is 20.5 Å². The number of benzene rings is 2. The summed E-state index contributed by atoms with van der Waals surface area (Å²) >= 11 is 0. The van der Waals surface area contributed by atoms with E-state index in [1.807, 2.05) is 42.2 Å². The fraction of sp³-hybridized carbons (Fsp3) is 0.500. The number of pyridine rings is 1. The maximum atomic E-state index is 13.8. The molecule has 0 radical (unpaired) electrons. The van der Waals surface area contributed by atoms with Gasteiger partial charge in [0, 0.05) is 66.3 Å². The van der Waals surface area contributed by atoms with E-state index in [0.29, 0.717) is 36.5 Å². The fourth-order valence-corrected chi connectivity index (χ4v) is 6.72. The monoisotopic (exact) mass is 653 g/mol. The standard InChI is InChI=1S/C32H38F3N5O2.2ClH/c1-21-14-30(28-10-5-6-11-29(28)36-21)37-24-15-22(32(33,34)35)16-27(17-24)42-13-7-12-39-19-26-18-25(39)20-40(26)31(41)38-23-8-3-2-4-9-23;;/h5-6,10-11,14-17,23,25-26H,2-4,7-9,12-13,18-20H2,1H3,(H,36,37)(H,38,41);2*1H. The van der Waals surface area contributed by atoms with Crippen LogP contribution in [0.3, 0.4) is 0 Å². The van der Waals surface area contributed by atoms with Crippen molar-refractivity contribution in [2.75, 3.05) is 31.6 Å². The maximum absolute atomic E-state index is 13.8. The number of amides is 2. The summed E-state index contributed by atoms with van der Waals surface area (Å²) in [5, 5.41) is 7.23. The summed E-state index contributed by atoms with van der Waals surface area (Å²) in [5.41, 5.74) is 1.77. The molecule has 3 aliphatic rings. The first-order valence-electron chi connectivity index (χ1n) is 15.0. The summed E-state index contributed by atoms with van der Waals surface area (Å²) in [4.78, 5) is 21.7. The third kappa shape index (κ3) is 7.82. The third-order valence-electron chi connectivity index (χ3n) is 8.76. The molecule has 2 aromatic carbocycles. The Bertz CT molecular complexity index is 1440. The molecule has 2 atom stereocenters. The highest BCUT2D eigenvalue weighted by atomic mass is 35.5. The Labute approximate surface area is 268 Å². The Morgan fingerprint density at radius 3 is 2.52 bits per heavy atom. The molecule has 240 valence electrons. The maximum Gasteiger partial charge on any atom is 0.416 e. The number of likely N-dealkylation sites (tertiary alicyclic amines) is 2. The highest BCUT2D eigenvalue weighted by molar-refractivity contribution is 5.93. The number of ether oxygens (including phenoxy) is 1. The molecule has 12 heteroatoms. The average Bonchev–Trinajstić information content (AvgIpc) is 3.56. The number of anilines is 2. The van der Waals surface area contributed by atoms with E-state index in [1.165, 1.54) is 19.3 Å². The summed E-state index contributed by atoms with van der Waals surface area (Å²) in [7, 11) is 0. The number of aryl methyl sites for hydroxylation is 1. The molecule has 2 bridgehead atoms. The van der Waals surface area contributed by atoms with E-state index in [-0.39, 0.29) is 42.6 Å². The first-order chi connectivity index (χ1) is 20.2. The summed E-state index contributed by atoms with van der Waals surface area (Å²) in [6.45, 7) is 4.51. The van der Waals surface area contributed by atoms with Gasteiger partial charge in [-0.05, 0) is 56.9 Å². The van der Waals surface area contributed by atoms with Gasteiger partial charge < -0.3 is 20.3 Å². The van der Waals surface area contributed by atoms with Gasteiger partial charge in [0.15, 0.2) is 0 Å². The number of rotatable bonds is 8. The molecule has 2 aliphatic heterocycles. The van der Waals surface area contributed by atoms with Gasteiger partial charge >= 0.3 is 12.2 Å². The zero-order chi connectivity index (χ0) is 29.3. The normalized spacial score (nSPS) is 20.2. The SMILES string of the molecule is Cc1cc(Nc2cc(OCCCN3CC4CC3CN4C(=O)NC3CCCCC3)cc(C(F)(F)F)c2)c2ccccc2n1.Cl.Cl. The van der Waals surface area contributed by atoms with Crippen LogP contribution in [0.2, 0.25) is 0 Å². The lowest BCUT2D eigenvalue weighted by Gasteiger charge is -2.35. The molecule has 1 aliphatic carbocycles. The Hall–Kier alpha value is -2.95. The van der Waals surface area contributed by atoms with E-state index >= 15 is 0 Å². The minimum Gasteiger partial charge on any atom is -0.493 e. The van der Waals surface area contributed by atoms with Crippen LogP contribution in [0, 0.1) is 6.92 Å². The topological polar surface area (TPSA) is 69.7 Å². The Morgan fingerprint density at radius 2 is 1.80 bits per heavy atom. The molecule has 2 saturated heterocycles. The number of urea groups is 1. The van der Waals surface area contributed by atoms with Crippen molar-refractivity contribution in [1.82, 2.24) is 20.1 Å². The van der Waals surface area contributed by atoms with Gasteiger partial charge in [-0.15, -0.1) is 24.8 Å². The molecule has 1 aromatic heterocycles. The number of piperazine rings is 1. The molecule has 7 nitrogen and oxygen atoms in total. The number of halogens is 5. The summed E-state index contributed by atoms with van der Waals surface area (Å²) in [6, 6.07) is 14.1. The van der Waals surface area contributed by atoms with Crippen molar-refractivity contribution in [1.29, 1.82) is 0 Å². The van der Waals surface area contributed by atoms with Gasteiger partial charge in [0.25, 0.3) is 0 Å². The lowest BCUT2D eigenvalue weighted by Crippen LogP contribution is -2.53. The number of aromatic nitrogens is 1. The molecular weight excluding hydrogens is 614 g/mol. The molecule has 2 unspecified atom stereocenters. The molecule has 2 N–H and O–H groups in total. The molecule has 3 fully saturated rings. The van der Waals surface area contributed by atoms with Crippen molar-refractivity contribution in [2.24, 2.45) is 0 Å². The van der Waals surface area contributed by atoms with Crippen molar-refractivity contribution in [3.8, 4) is 5.75 Å². The predicted octanol–water partition coefficient (Wildman–Crippen LogP) is 7.72. The van der Waals surface area contributed by atoms with Gasteiger partial charge in [0.2, 0.25) is 0 Å². The molecule has 2 amide bonds. The summed E-state index contributed by atoms with van der Waals surface area (Å²) < 4.78 is 47.2. The Morgan fingerprint density at radius 1 is 1.02 bits per heavy atom. The first-order valence-corrected chi connectivity index (χ1v) is 15.0. The lowest BCUT2D eigenvalue weighted by atomic mass is 9.96. The highest BCUT2D eigenvalue weighted by Gasteiger charge is 2.45. The second-order valence-electron chi connectivity index (χ2n) is 11.9.